The number of nitrogens with zero attached hydrogens (tertiary/aromatic N) is 2. The Labute approximate surface area is 262 Å². The largest absolute Gasteiger partial charge is 1.00 e. The minimum absolute atomic E-state index is 0. The van der Waals surface area contributed by atoms with Crippen LogP contribution in [0.25, 0.3) is 0 Å². The van der Waals surface area contributed by atoms with E-state index in [0.717, 1.165) is 34.6 Å². The monoisotopic (exact) mass is 682 g/mol. The zero-order valence-corrected chi connectivity index (χ0v) is 28.9. The smallest absolute Gasteiger partial charge is 0.330 e. The molecule has 232 valence electrons. The predicted molar refractivity (Wildman–Crippen MR) is 155 cm³/mol. The van der Waals surface area contributed by atoms with Gasteiger partial charge in [-0.1, -0.05) is 64.5 Å². The minimum atomic E-state index is -0.315. The average Bonchev–Trinajstić information content (AvgIpc) is 2.85. The first kappa shape index (κ1) is 42.8. The zero-order chi connectivity index (χ0) is 27.8. The normalized spacial score (nSPS) is 11.2. The second-order valence-electron chi connectivity index (χ2n) is 11.8. The van der Waals surface area contributed by atoms with Crippen molar-refractivity contribution in [2.45, 2.75) is 96.3 Å². The lowest BCUT2D eigenvalue weighted by Gasteiger charge is -2.33. The van der Waals surface area contributed by atoms with Crippen molar-refractivity contribution in [1.82, 2.24) is 0 Å². The van der Waals surface area contributed by atoms with Crippen molar-refractivity contribution in [3.05, 3.63) is 25.3 Å². The Balaban J connectivity index is -0.00000648. The molecule has 0 aromatic carbocycles. The topological polar surface area (TPSA) is 52.6 Å². The van der Waals surface area contributed by atoms with Crippen molar-refractivity contribution >= 4 is 11.9 Å². The summed E-state index contributed by atoms with van der Waals surface area (Å²) in [7, 11) is 9.53. The van der Waals surface area contributed by atoms with Crippen LogP contribution in [0.3, 0.4) is 0 Å². The van der Waals surface area contributed by atoms with Crippen LogP contribution in [0.2, 0.25) is 0 Å². The summed E-state index contributed by atoms with van der Waals surface area (Å²) in [4.78, 5) is 22.0. The summed E-state index contributed by atoms with van der Waals surface area (Å²) >= 11 is 0. The summed E-state index contributed by atoms with van der Waals surface area (Å²) < 4.78 is 12.3. The summed E-state index contributed by atoms with van der Waals surface area (Å²) in [6, 6.07) is 0. The van der Waals surface area contributed by atoms with Gasteiger partial charge in [-0.05, 0) is 38.5 Å². The predicted octanol–water partition coefficient (Wildman–Crippen LogP) is 0.457. The number of halogens is 2. The number of hydrogen-bond acceptors (Lipinski definition) is 4. The molecule has 0 aromatic heterocycles. The number of rotatable bonds is 26. The standard InChI is InChI=1S/C31H60N2O4.2BrH/c1-7-30(34)36-28-21-17-13-9-11-15-19-24-32(3,4)26-23-27-33(5,6)25-20-16-12-10-14-18-22-29-37-31(35)8-2;;/h7-8H,1-2,9-29H2,3-6H3;2*1H/q+2;;/p-2. The highest BCUT2D eigenvalue weighted by atomic mass is 79.9. The summed E-state index contributed by atoms with van der Waals surface area (Å²) in [5, 5.41) is 0. The Kier molecular flexibility index (Phi) is 30.1. The molecule has 0 bridgehead atoms. The van der Waals surface area contributed by atoms with E-state index in [2.05, 4.69) is 41.3 Å². The van der Waals surface area contributed by atoms with E-state index in [1.54, 1.807) is 0 Å². The van der Waals surface area contributed by atoms with Gasteiger partial charge in [0.1, 0.15) is 0 Å². The number of quaternary nitrogens is 2. The van der Waals surface area contributed by atoms with Crippen molar-refractivity contribution in [1.29, 1.82) is 0 Å². The minimum Gasteiger partial charge on any atom is -1.00 e. The quantitative estimate of drug-likeness (QED) is 0.0576. The lowest BCUT2D eigenvalue weighted by Crippen LogP contribution is -3.00. The number of unbranched alkanes of at least 4 members (excludes halogenated alkanes) is 12. The molecule has 0 heterocycles. The van der Waals surface area contributed by atoms with Crippen LogP contribution in [-0.4, -0.2) is 88.5 Å². The van der Waals surface area contributed by atoms with Gasteiger partial charge in [0.15, 0.2) is 0 Å². The molecule has 8 heteroatoms. The molecule has 0 aliphatic carbocycles. The van der Waals surface area contributed by atoms with Gasteiger partial charge in [0.05, 0.1) is 67.6 Å². The summed E-state index contributed by atoms with van der Waals surface area (Å²) in [5.74, 6) is -0.630. The fourth-order valence-electron chi connectivity index (χ4n) is 4.67. The van der Waals surface area contributed by atoms with Crippen LogP contribution in [0.1, 0.15) is 96.3 Å². The number of carbonyl (C=O) groups excluding carboxylic acids is 2. The van der Waals surface area contributed by atoms with Crippen LogP contribution in [0.15, 0.2) is 25.3 Å². The molecular formula is C31H60Br2N2O4. The zero-order valence-electron chi connectivity index (χ0n) is 25.7. The Morgan fingerprint density at radius 1 is 0.487 bits per heavy atom. The number of carbonyl (C=O) groups is 2. The highest BCUT2D eigenvalue weighted by molar-refractivity contribution is 5.81. The van der Waals surface area contributed by atoms with Gasteiger partial charge < -0.3 is 52.4 Å². The fourth-order valence-corrected chi connectivity index (χ4v) is 4.67. The van der Waals surface area contributed by atoms with E-state index in [1.807, 2.05) is 0 Å². The van der Waals surface area contributed by atoms with Gasteiger partial charge in [-0.15, -0.1) is 0 Å². The Bertz CT molecular complexity index is 576. The first-order valence-electron chi connectivity index (χ1n) is 14.8. The third-order valence-electron chi connectivity index (χ3n) is 7.16. The second kappa shape index (κ2) is 27.5. The molecule has 0 fully saturated rings. The van der Waals surface area contributed by atoms with Crippen molar-refractivity contribution < 1.29 is 62.0 Å². The SMILES string of the molecule is C=CC(=O)OCCCCCCCCC[N+](C)(C)CCC[N+](C)(C)CCCCCCCCCOC(=O)C=C.[Br-].[Br-]. The van der Waals surface area contributed by atoms with Crippen LogP contribution >= 0.6 is 0 Å². The summed E-state index contributed by atoms with van der Waals surface area (Å²) in [5.41, 5.74) is 0. The van der Waals surface area contributed by atoms with Gasteiger partial charge in [-0.25, -0.2) is 9.59 Å². The van der Waals surface area contributed by atoms with Crippen LogP contribution in [0.4, 0.5) is 0 Å². The molecule has 0 radical (unpaired) electrons. The number of ether oxygens (including phenoxy) is 2. The highest BCUT2D eigenvalue weighted by Crippen LogP contribution is 2.13. The second-order valence-corrected chi connectivity index (χ2v) is 11.8. The van der Waals surface area contributed by atoms with Crippen molar-refractivity contribution in [2.75, 3.05) is 67.6 Å². The van der Waals surface area contributed by atoms with Crippen LogP contribution in [0, 0.1) is 0 Å². The molecule has 0 unspecified atom stereocenters. The molecule has 0 N–H and O–H groups in total. The first-order valence-corrected chi connectivity index (χ1v) is 14.8. The average molecular weight is 685 g/mol. The molecule has 0 aliphatic heterocycles. The lowest BCUT2D eigenvalue weighted by atomic mass is 10.1. The molecule has 0 rings (SSSR count). The molecule has 0 amide bonds. The van der Waals surface area contributed by atoms with E-state index in [1.165, 1.54) is 109 Å². The molecule has 39 heavy (non-hydrogen) atoms. The van der Waals surface area contributed by atoms with Gasteiger partial charge in [0.25, 0.3) is 0 Å². The van der Waals surface area contributed by atoms with E-state index in [0.29, 0.717) is 13.2 Å². The maximum absolute atomic E-state index is 11.0. The first-order chi connectivity index (χ1) is 17.6. The maximum Gasteiger partial charge on any atom is 0.330 e. The Morgan fingerprint density at radius 3 is 1.05 bits per heavy atom. The fraction of sp³-hybridized carbons (Fsp3) is 0.806. The van der Waals surface area contributed by atoms with Gasteiger partial charge >= 0.3 is 11.9 Å². The molecule has 0 spiro atoms. The molecule has 0 atom stereocenters. The third-order valence-corrected chi connectivity index (χ3v) is 7.16. The van der Waals surface area contributed by atoms with E-state index in [9.17, 15) is 9.59 Å². The van der Waals surface area contributed by atoms with E-state index in [4.69, 9.17) is 9.47 Å². The van der Waals surface area contributed by atoms with Crippen LogP contribution in [-0.2, 0) is 19.1 Å². The third kappa shape index (κ3) is 30.1. The lowest BCUT2D eigenvalue weighted by molar-refractivity contribution is -0.909. The molecule has 0 aliphatic rings. The van der Waals surface area contributed by atoms with E-state index in [-0.39, 0.29) is 45.9 Å². The van der Waals surface area contributed by atoms with Crippen LogP contribution in [0.5, 0.6) is 0 Å². The van der Waals surface area contributed by atoms with Gasteiger partial charge in [-0.3, -0.25) is 0 Å². The summed E-state index contributed by atoms with van der Waals surface area (Å²) in [6.07, 6.45) is 20.8. The molecule has 0 saturated carbocycles. The molecule has 6 nitrogen and oxygen atoms in total. The Morgan fingerprint density at radius 2 is 0.744 bits per heavy atom. The number of esters is 2. The molecule has 0 aromatic rings. The van der Waals surface area contributed by atoms with Gasteiger partial charge in [0, 0.05) is 18.6 Å². The molecular weight excluding hydrogens is 624 g/mol. The van der Waals surface area contributed by atoms with E-state index < -0.39 is 0 Å². The highest BCUT2D eigenvalue weighted by Gasteiger charge is 2.19. The van der Waals surface area contributed by atoms with Crippen molar-refractivity contribution in [2.24, 2.45) is 0 Å². The van der Waals surface area contributed by atoms with Crippen molar-refractivity contribution in [3.8, 4) is 0 Å². The summed E-state index contributed by atoms with van der Waals surface area (Å²) in [6.45, 7) is 12.9. The van der Waals surface area contributed by atoms with Gasteiger partial charge in [-0.2, -0.15) is 0 Å². The van der Waals surface area contributed by atoms with Crippen molar-refractivity contribution in [3.63, 3.8) is 0 Å². The maximum atomic E-state index is 11.0. The van der Waals surface area contributed by atoms with Gasteiger partial charge in [0.2, 0.25) is 0 Å². The number of hydrogen-bond donors (Lipinski definition) is 0. The Hall–Kier alpha value is -0.700. The molecule has 0 saturated heterocycles. The van der Waals surface area contributed by atoms with E-state index >= 15 is 0 Å². The van der Waals surface area contributed by atoms with Crippen LogP contribution < -0.4 is 34.0 Å².